The minimum atomic E-state index is 0.142. The first-order valence-electron chi connectivity index (χ1n) is 8.39. The van der Waals surface area contributed by atoms with E-state index in [9.17, 15) is 4.79 Å². The standard InChI is InChI=1S/C18H23N3O2S/c22-18(8-11-21-10-4-5-12-23-21)20(15-17-19-9-13-24-17)14-16-6-2-1-3-7-16/h1-3,6-7,9,13H,4-5,8,10-12,14-15H2. The SMILES string of the molecule is O=C(CCN1CCCCO1)N(Cc1ccccc1)Cc1nccs1. The third-order valence-corrected chi connectivity index (χ3v) is 4.79. The van der Waals surface area contributed by atoms with Crippen molar-refractivity contribution in [2.45, 2.75) is 32.4 Å². The summed E-state index contributed by atoms with van der Waals surface area (Å²) in [4.78, 5) is 24.5. The molecule has 1 amide bonds. The maximum absolute atomic E-state index is 12.7. The number of hydrogen-bond acceptors (Lipinski definition) is 5. The van der Waals surface area contributed by atoms with Crippen molar-refractivity contribution >= 4 is 17.2 Å². The molecule has 0 unspecified atom stereocenters. The van der Waals surface area contributed by atoms with Crippen molar-refractivity contribution in [3.8, 4) is 0 Å². The number of carbonyl (C=O) groups is 1. The number of carbonyl (C=O) groups excluding carboxylic acids is 1. The zero-order valence-corrected chi connectivity index (χ0v) is 14.6. The number of aromatic nitrogens is 1. The molecule has 1 aliphatic rings. The number of nitrogens with zero attached hydrogens (tertiary/aromatic N) is 3. The first-order chi connectivity index (χ1) is 11.8. The lowest BCUT2D eigenvalue weighted by Gasteiger charge is -2.27. The largest absolute Gasteiger partial charge is 0.332 e. The molecular weight excluding hydrogens is 322 g/mol. The molecule has 1 aliphatic heterocycles. The van der Waals surface area contributed by atoms with Crippen LogP contribution < -0.4 is 0 Å². The van der Waals surface area contributed by atoms with E-state index in [0.717, 1.165) is 36.6 Å². The van der Waals surface area contributed by atoms with Gasteiger partial charge in [-0.25, -0.2) is 4.98 Å². The average Bonchev–Trinajstić information content (AvgIpc) is 3.14. The Morgan fingerprint density at radius 2 is 2.12 bits per heavy atom. The summed E-state index contributed by atoms with van der Waals surface area (Å²) in [6, 6.07) is 10.1. The van der Waals surface area contributed by atoms with Gasteiger partial charge in [0.25, 0.3) is 0 Å². The van der Waals surface area contributed by atoms with Gasteiger partial charge >= 0.3 is 0 Å². The summed E-state index contributed by atoms with van der Waals surface area (Å²) in [5.74, 6) is 0.142. The molecule has 128 valence electrons. The Balaban J connectivity index is 1.60. The monoisotopic (exact) mass is 345 g/mol. The molecule has 5 nitrogen and oxygen atoms in total. The third-order valence-electron chi connectivity index (χ3n) is 4.03. The highest BCUT2D eigenvalue weighted by Crippen LogP contribution is 2.14. The fourth-order valence-corrected chi connectivity index (χ4v) is 3.36. The second kappa shape index (κ2) is 8.92. The normalized spacial score (nSPS) is 15.3. The van der Waals surface area contributed by atoms with Crippen molar-refractivity contribution in [1.29, 1.82) is 0 Å². The molecule has 0 N–H and O–H groups in total. The first kappa shape index (κ1) is 17.1. The summed E-state index contributed by atoms with van der Waals surface area (Å²) in [7, 11) is 0. The lowest BCUT2D eigenvalue weighted by molar-refractivity contribution is -0.182. The molecule has 24 heavy (non-hydrogen) atoms. The molecule has 0 atom stereocenters. The van der Waals surface area contributed by atoms with Crippen molar-refractivity contribution in [2.24, 2.45) is 0 Å². The van der Waals surface area contributed by atoms with Crippen molar-refractivity contribution in [1.82, 2.24) is 14.9 Å². The fraction of sp³-hybridized carbons (Fsp3) is 0.444. The van der Waals surface area contributed by atoms with Gasteiger partial charge in [-0.05, 0) is 18.4 Å². The van der Waals surface area contributed by atoms with Crippen molar-refractivity contribution in [2.75, 3.05) is 19.7 Å². The van der Waals surface area contributed by atoms with E-state index in [1.807, 2.05) is 33.5 Å². The van der Waals surface area contributed by atoms with Crippen LogP contribution in [-0.2, 0) is 22.7 Å². The number of benzene rings is 1. The molecule has 2 heterocycles. The van der Waals surface area contributed by atoms with Gasteiger partial charge in [0.15, 0.2) is 0 Å². The zero-order chi connectivity index (χ0) is 16.6. The lowest BCUT2D eigenvalue weighted by atomic mass is 10.2. The Hall–Kier alpha value is -1.76. The van der Waals surface area contributed by atoms with Crippen LogP contribution in [0.2, 0.25) is 0 Å². The maximum Gasteiger partial charge on any atom is 0.224 e. The third kappa shape index (κ3) is 5.12. The van der Waals surface area contributed by atoms with Gasteiger partial charge in [-0.3, -0.25) is 9.63 Å². The Labute approximate surface area is 146 Å². The Bertz CT molecular complexity index is 612. The Morgan fingerprint density at radius 1 is 1.25 bits per heavy atom. The van der Waals surface area contributed by atoms with Crippen LogP contribution in [0.15, 0.2) is 41.9 Å². The van der Waals surface area contributed by atoms with Crippen LogP contribution in [-0.4, -0.2) is 40.6 Å². The van der Waals surface area contributed by atoms with Crippen LogP contribution in [0, 0.1) is 0 Å². The van der Waals surface area contributed by atoms with E-state index < -0.39 is 0 Å². The number of rotatable bonds is 7. The summed E-state index contributed by atoms with van der Waals surface area (Å²) in [6.07, 6.45) is 4.50. The number of amides is 1. The van der Waals surface area contributed by atoms with Crippen LogP contribution in [0.4, 0.5) is 0 Å². The maximum atomic E-state index is 12.7. The van der Waals surface area contributed by atoms with Gasteiger partial charge in [-0.2, -0.15) is 5.06 Å². The van der Waals surface area contributed by atoms with Crippen LogP contribution in [0.5, 0.6) is 0 Å². The second-order valence-corrected chi connectivity index (χ2v) is 6.86. The lowest BCUT2D eigenvalue weighted by Crippen LogP contribution is -2.36. The predicted molar refractivity (Wildman–Crippen MR) is 94.2 cm³/mol. The summed E-state index contributed by atoms with van der Waals surface area (Å²) >= 11 is 1.59. The van der Waals surface area contributed by atoms with Gasteiger partial charge in [0.2, 0.25) is 5.91 Å². The van der Waals surface area contributed by atoms with Crippen molar-refractivity contribution < 1.29 is 9.63 Å². The molecule has 1 aromatic carbocycles. The van der Waals surface area contributed by atoms with E-state index in [-0.39, 0.29) is 5.91 Å². The smallest absolute Gasteiger partial charge is 0.224 e. The molecule has 0 radical (unpaired) electrons. The zero-order valence-electron chi connectivity index (χ0n) is 13.8. The molecule has 6 heteroatoms. The number of hydrogen-bond donors (Lipinski definition) is 0. The van der Waals surface area contributed by atoms with Crippen molar-refractivity contribution in [3.63, 3.8) is 0 Å². The Kier molecular flexibility index (Phi) is 6.34. The van der Waals surface area contributed by atoms with Crippen molar-refractivity contribution in [3.05, 3.63) is 52.5 Å². The molecule has 0 spiro atoms. The molecular formula is C18H23N3O2S. The number of hydroxylamine groups is 2. The molecule has 1 saturated heterocycles. The quantitative estimate of drug-likeness (QED) is 0.774. The average molecular weight is 345 g/mol. The van der Waals surface area contributed by atoms with Gasteiger partial charge < -0.3 is 4.90 Å². The highest BCUT2D eigenvalue weighted by atomic mass is 32.1. The second-order valence-electron chi connectivity index (χ2n) is 5.88. The van der Waals surface area contributed by atoms with Gasteiger partial charge in [0, 0.05) is 37.6 Å². The molecule has 0 bridgehead atoms. The minimum Gasteiger partial charge on any atom is -0.332 e. The molecule has 2 aromatic rings. The number of thiazole rings is 1. The van der Waals surface area contributed by atoms with Crippen LogP contribution in [0.3, 0.4) is 0 Å². The van der Waals surface area contributed by atoms with Gasteiger partial charge in [-0.15, -0.1) is 11.3 Å². The van der Waals surface area contributed by atoms with E-state index in [1.165, 1.54) is 0 Å². The molecule has 1 aromatic heterocycles. The van der Waals surface area contributed by atoms with E-state index in [4.69, 9.17) is 4.84 Å². The van der Waals surface area contributed by atoms with E-state index in [2.05, 4.69) is 17.1 Å². The van der Waals surface area contributed by atoms with Crippen LogP contribution in [0.25, 0.3) is 0 Å². The molecule has 0 aliphatic carbocycles. The minimum absolute atomic E-state index is 0.142. The van der Waals surface area contributed by atoms with Gasteiger partial charge in [0.05, 0.1) is 13.2 Å². The van der Waals surface area contributed by atoms with E-state index in [0.29, 0.717) is 26.1 Å². The summed E-state index contributed by atoms with van der Waals surface area (Å²) in [6.45, 7) is 3.51. The fourth-order valence-electron chi connectivity index (χ4n) is 2.73. The van der Waals surface area contributed by atoms with E-state index in [1.54, 1.807) is 17.5 Å². The molecule has 3 rings (SSSR count). The topological polar surface area (TPSA) is 45.7 Å². The highest BCUT2D eigenvalue weighted by molar-refractivity contribution is 7.09. The summed E-state index contributed by atoms with van der Waals surface area (Å²) in [5, 5.41) is 4.83. The predicted octanol–water partition coefficient (Wildman–Crippen LogP) is 3.09. The molecule has 1 fully saturated rings. The summed E-state index contributed by atoms with van der Waals surface area (Å²) < 4.78 is 0. The Morgan fingerprint density at radius 3 is 2.83 bits per heavy atom. The summed E-state index contributed by atoms with van der Waals surface area (Å²) in [5.41, 5.74) is 1.14. The highest BCUT2D eigenvalue weighted by Gasteiger charge is 2.18. The molecule has 0 saturated carbocycles. The first-order valence-corrected chi connectivity index (χ1v) is 9.27. The van der Waals surface area contributed by atoms with Crippen LogP contribution in [0.1, 0.15) is 29.8 Å². The van der Waals surface area contributed by atoms with E-state index >= 15 is 0 Å². The van der Waals surface area contributed by atoms with Crippen LogP contribution >= 0.6 is 11.3 Å². The van der Waals surface area contributed by atoms with Gasteiger partial charge in [-0.1, -0.05) is 30.3 Å². The van der Waals surface area contributed by atoms with Gasteiger partial charge in [0.1, 0.15) is 5.01 Å².